The number of hydrogen-bond donors (Lipinski definition) is 0. The second-order valence-electron chi connectivity index (χ2n) is 5.38. The normalized spacial score (nSPS) is 11.6. The number of ether oxygens (including phenoxy) is 1. The maximum Gasteiger partial charge on any atom is 0.175 e. The third kappa shape index (κ3) is 2.79. The summed E-state index contributed by atoms with van der Waals surface area (Å²) >= 11 is 3.27. The standard InChI is InChI=1S/C17H16N4OS2/c1-11-9-12-15(23-11)18-10-19-16(12)24-17-20-13-5-3-4-6-14(13)21(17)7-8-22-2/h3-6,9-10H,7-8H2,1-2H3. The first-order valence-corrected chi connectivity index (χ1v) is 9.23. The number of rotatable bonds is 5. The quantitative estimate of drug-likeness (QED) is 0.503. The Morgan fingerprint density at radius 2 is 2.12 bits per heavy atom. The predicted octanol–water partition coefficient (Wildman–Crippen LogP) is 4.15. The van der Waals surface area contributed by atoms with E-state index in [1.165, 1.54) is 4.88 Å². The summed E-state index contributed by atoms with van der Waals surface area (Å²) in [4.78, 5) is 15.9. The van der Waals surface area contributed by atoms with Gasteiger partial charge >= 0.3 is 0 Å². The molecule has 0 aliphatic carbocycles. The molecule has 4 aromatic rings. The molecule has 5 nitrogen and oxygen atoms in total. The zero-order chi connectivity index (χ0) is 16.5. The predicted molar refractivity (Wildman–Crippen MR) is 97.9 cm³/mol. The summed E-state index contributed by atoms with van der Waals surface area (Å²) in [5.41, 5.74) is 2.10. The Morgan fingerprint density at radius 3 is 3.00 bits per heavy atom. The molecule has 0 aliphatic rings. The molecule has 0 spiro atoms. The van der Waals surface area contributed by atoms with E-state index in [1.54, 1.807) is 36.5 Å². The van der Waals surface area contributed by atoms with Gasteiger partial charge in [0, 0.05) is 23.9 Å². The first-order valence-electron chi connectivity index (χ1n) is 7.59. The highest BCUT2D eigenvalue weighted by Crippen LogP contribution is 2.35. The number of nitrogens with zero attached hydrogens (tertiary/aromatic N) is 4. The Balaban J connectivity index is 1.80. The third-order valence-corrected chi connectivity index (χ3v) is 5.71. The van der Waals surface area contributed by atoms with Crippen molar-refractivity contribution in [3.63, 3.8) is 0 Å². The fraction of sp³-hybridized carbons (Fsp3) is 0.235. The van der Waals surface area contributed by atoms with Crippen LogP contribution in [0.15, 0.2) is 46.8 Å². The molecule has 0 saturated carbocycles. The molecule has 0 bridgehead atoms. The monoisotopic (exact) mass is 356 g/mol. The van der Waals surface area contributed by atoms with Crippen LogP contribution in [0.1, 0.15) is 4.88 Å². The fourth-order valence-corrected chi connectivity index (χ4v) is 4.55. The molecular weight excluding hydrogens is 340 g/mol. The largest absolute Gasteiger partial charge is 0.383 e. The van der Waals surface area contributed by atoms with E-state index in [4.69, 9.17) is 9.72 Å². The SMILES string of the molecule is COCCn1c(Sc2ncnc3sc(C)cc23)nc2ccccc21. The number of aryl methyl sites for hydroxylation is 1. The summed E-state index contributed by atoms with van der Waals surface area (Å²) in [5, 5.41) is 2.96. The molecule has 0 fully saturated rings. The smallest absolute Gasteiger partial charge is 0.175 e. The Hall–Kier alpha value is -1.96. The Kier molecular flexibility index (Phi) is 4.22. The molecule has 0 atom stereocenters. The number of fused-ring (bicyclic) bond motifs is 2. The van der Waals surface area contributed by atoms with Crippen LogP contribution in [0.5, 0.6) is 0 Å². The molecule has 1 aromatic carbocycles. The maximum atomic E-state index is 5.26. The van der Waals surface area contributed by atoms with Crippen molar-refractivity contribution in [1.82, 2.24) is 19.5 Å². The summed E-state index contributed by atoms with van der Waals surface area (Å²) in [6, 6.07) is 10.3. The highest BCUT2D eigenvalue weighted by atomic mass is 32.2. The Bertz CT molecular complexity index is 1010. The van der Waals surface area contributed by atoms with Gasteiger partial charge in [0.15, 0.2) is 5.16 Å². The van der Waals surface area contributed by atoms with Crippen LogP contribution < -0.4 is 0 Å². The van der Waals surface area contributed by atoms with Gasteiger partial charge < -0.3 is 9.30 Å². The molecule has 0 amide bonds. The van der Waals surface area contributed by atoms with E-state index >= 15 is 0 Å². The minimum atomic E-state index is 0.644. The summed E-state index contributed by atoms with van der Waals surface area (Å²) in [7, 11) is 1.72. The van der Waals surface area contributed by atoms with Gasteiger partial charge in [0.25, 0.3) is 0 Å². The van der Waals surface area contributed by atoms with E-state index in [1.807, 2.05) is 18.2 Å². The van der Waals surface area contributed by atoms with Gasteiger partial charge in [-0.2, -0.15) is 0 Å². The van der Waals surface area contributed by atoms with Gasteiger partial charge in [-0.1, -0.05) is 12.1 Å². The van der Waals surface area contributed by atoms with E-state index in [0.717, 1.165) is 38.0 Å². The number of imidazole rings is 1. The first-order chi connectivity index (χ1) is 11.8. The van der Waals surface area contributed by atoms with Crippen molar-refractivity contribution in [1.29, 1.82) is 0 Å². The van der Waals surface area contributed by atoms with E-state index in [0.29, 0.717) is 6.61 Å². The van der Waals surface area contributed by atoms with E-state index in [2.05, 4.69) is 33.6 Å². The molecule has 122 valence electrons. The van der Waals surface area contributed by atoms with Crippen LogP contribution in [0, 0.1) is 6.92 Å². The zero-order valence-corrected chi connectivity index (χ0v) is 15.0. The van der Waals surface area contributed by atoms with E-state index in [9.17, 15) is 0 Å². The average Bonchev–Trinajstić information content (AvgIpc) is 3.13. The summed E-state index contributed by atoms with van der Waals surface area (Å²) in [6.07, 6.45) is 1.63. The number of methoxy groups -OCH3 is 1. The summed E-state index contributed by atoms with van der Waals surface area (Å²) < 4.78 is 7.45. The topological polar surface area (TPSA) is 52.8 Å². The number of thiophene rings is 1. The van der Waals surface area contributed by atoms with Crippen molar-refractivity contribution >= 4 is 44.3 Å². The van der Waals surface area contributed by atoms with E-state index in [-0.39, 0.29) is 0 Å². The highest BCUT2D eigenvalue weighted by Gasteiger charge is 2.15. The molecule has 0 saturated heterocycles. The van der Waals surface area contributed by atoms with Crippen LogP contribution in [0.25, 0.3) is 21.3 Å². The summed E-state index contributed by atoms with van der Waals surface area (Å²) in [6.45, 7) is 3.50. The molecule has 7 heteroatoms. The van der Waals surface area contributed by atoms with Gasteiger partial charge in [-0.15, -0.1) is 11.3 Å². The molecule has 0 radical (unpaired) electrons. The molecule has 3 aromatic heterocycles. The van der Waals surface area contributed by atoms with Crippen molar-refractivity contribution < 1.29 is 4.74 Å². The lowest BCUT2D eigenvalue weighted by Crippen LogP contribution is -2.05. The van der Waals surface area contributed by atoms with Crippen molar-refractivity contribution in [2.24, 2.45) is 0 Å². The van der Waals surface area contributed by atoms with Gasteiger partial charge in [-0.05, 0) is 36.9 Å². The van der Waals surface area contributed by atoms with Crippen molar-refractivity contribution in [3.8, 4) is 0 Å². The van der Waals surface area contributed by atoms with Crippen molar-refractivity contribution in [2.75, 3.05) is 13.7 Å². The average molecular weight is 356 g/mol. The number of hydrogen-bond acceptors (Lipinski definition) is 6. The molecule has 0 N–H and O–H groups in total. The lowest BCUT2D eigenvalue weighted by Gasteiger charge is -2.08. The lowest BCUT2D eigenvalue weighted by atomic mass is 10.3. The molecular formula is C17H16N4OS2. The van der Waals surface area contributed by atoms with Crippen LogP contribution in [-0.2, 0) is 11.3 Å². The van der Waals surface area contributed by atoms with Crippen LogP contribution in [-0.4, -0.2) is 33.2 Å². The second kappa shape index (κ2) is 6.51. The third-order valence-electron chi connectivity index (χ3n) is 3.74. The van der Waals surface area contributed by atoms with Gasteiger partial charge in [-0.3, -0.25) is 0 Å². The van der Waals surface area contributed by atoms with Crippen LogP contribution in [0.3, 0.4) is 0 Å². The fourth-order valence-electron chi connectivity index (χ4n) is 2.65. The molecule has 0 aliphatic heterocycles. The Labute approximate surface area is 147 Å². The second-order valence-corrected chi connectivity index (χ2v) is 7.58. The molecule has 4 rings (SSSR count). The van der Waals surface area contributed by atoms with Gasteiger partial charge in [0.05, 0.1) is 17.6 Å². The number of aromatic nitrogens is 4. The number of para-hydroxylation sites is 2. The lowest BCUT2D eigenvalue weighted by molar-refractivity contribution is 0.186. The summed E-state index contributed by atoms with van der Waals surface area (Å²) in [5.74, 6) is 0. The van der Waals surface area contributed by atoms with Crippen LogP contribution in [0.2, 0.25) is 0 Å². The molecule has 24 heavy (non-hydrogen) atoms. The molecule has 0 unspecified atom stereocenters. The zero-order valence-electron chi connectivity index (χ0n) is 13.4. The van der Waals surface area contributed by atoms with Gasteiger partial charge in [-0.25, -0.2) is 15.0 Å². The highest BCUT2D eigenvalue weighted by molar-refractivity contribution is 7.99. The Morgan fingerprint density at radius 1 is 1.25 bits per heavy atom. The van der Waals surface area contributed by atoms with Crippen molar-refractivity contribution in [3.05, 3.63) is 41.5 Å². The maximum absolute atomic E-state index is 5.26. The number of benzene rings is 1. The minimum Gasteiger partial charge on any atom is -0.383 e. The van der Waals surface area contributed by atoms with Gasteiger partial charge in [0.1, 0.15) is 16.2 Å². The van der Waals surface area contributed by atoms with Crippen molar-refractivity contribution in [2.45, 2.75) is 23.7 Å². The minimum absolute atomic E-state index is 0.644. The first kappa shape index (κ1) is 15.6. The van der Waals surface area contributed by atoms with E-state index < -0.39 is 0 Å². The molecule has 3 heterocycles. The van der Waals surface area contributed by atoms with Crippen LogP contribution in [0.4, 0.5) is 0 Å². The van der Waals surface area contributed by atoms with Gasteiger partial charge in [0.2, 0.25) is 0 Å². The van der Waals surface area contributed by atoms with Crippen LogP contribution >= 0.6 is 23.1 Å².